The molecule has 1 rings (SSSR count). The van der Waals surface area contributed by atoms with Crippen molar-refractivity contribution < 1.29 is 5.21 Å². The van der Waals surface area contributed by atoms with Crippen LogP contribution in [-0.4, -0.2) is 21.2 Å². The molecule has 4 N–H and O–H groups in total. The number of oxime groups is 1. The predicted molar refractivity (Wildman–Crippen MR) is 54.4 cm³/mol. The number of aromatic amines is 1. The molecule has 14 heavy (non-hydrogen) atoms. The first-order chi connectivity index (χ1) is 6.45. The van der Waals surface area contributed by atoms with Gasteiger partial charge in [0.25, 0.3) is 0 Å². The molecular formula is C9H16N4O. The molecule has 0 aliphatic carbocycles. The van der Waals surface area contributed by atoms with Gasteiger partial charge in [-0.2, -0.15) is 5.10 Å². The minimum absolute atomic E-state index is 0.0123. The summed E-state index contributed by atoms with van der Waals surface area (Å²) in [5, 5.41) is 18.3. The van der Waals surface area contributed by atoms with Crippen LogP contribution in [0.2, 0.25) is 0 Å². The van der Waals surface area contributed by atoms with Crippen molar-refractivity contribution in [1.82, 2.24) is 10.2 Å². The van der Waals surface area contributed by atoms with Crippen LogP contribution in [0.4, 0.5) is 0 Å². The Hall–Kier alpha value is -1.52. The molecule has 0 saturated carbocycles. The standard InChI is InChI=1S/C9H16N4O/c1-9(2,3)8-6(5-11-12-8)4-7(10)13-14/h5,14H,4H2,1-3H3,(H2,10,13)(H,11,12). The van der Waals surface area contributed by atoms with E-state index in [0.29, 0.717) is 6.42 Å². The molecule has 0 amide bonds. The van der Waals surface area contributed by atoms with Crippen LogP contribution in [0.3, 0.4) is 0 Å². The van der Waals surface area contributed by atoms with Crippen molar-refractivity contribution in [3.05, 3.63) is 17.5 Å². The lowest BCUT2D eigenvalue weighted by Crippen LogP contribution is -2.19. The van der Waals surface area contributed by atoms with Gasteiger partial charge in [-0.3, -0.25) is 5.10 Å². The summed E-state index contributed by atoms with van der Waals surface area (Å²) in [4.78, 5) is 0. The number of amidine groups is 1. The second-order valence-electron chi connectivity index (χ2n) is 4.29. The summed E-state index contributed by atoms with van der Waals surface area (Å²) in [6, 6.07) is 0. The highest BCUT2D eigenvalue weighted by Gasteiger charge is 2.20. The largest absolute Gasteiger partial charge is 0.409 e. The van der Waals surface area contributed by atoms with Crippen molar-refractivity contribution in [1.29, 1.82) is 0 Å². The second kappa shape index (κ2) is 3.69. The van der Waals surface area contributed by atoms with E-state index in [1.165, 1.54) is 0 Å². The zero-order chi connectivity index (χ0) is 10.8. The summed E-state index contributed by atoms with van der Waals surface area (Å²) in [5.41, 5.74) is 7.41. The van der Waals surface area contributed by atoms with Gasteiger partial charge in [0.1, 0.15) is 5.84 Å². The van der Waals surface area contributed by atoms with Crippen LogP contribution in [0.15, 0.2) is 11.4 Å². The maximum atomic E-state index is 8.46. The number of rotatable bonds is 2. The van der Waals surface area contributed by atoms with Gasteiger partial charge in [0.15, 0.2) is 0 Å². The molecule has 0 saturated heterocycles. The van der Waals surface area contributed by atoms with E-state index >= 15 is 0 Å². The summed E-state index contributed by atoms with van der Waals surface area (Å²) in [5.74, 6) is 0.192. The maximum absolute atomic E-state index is 8.46. The Labute approximate surface area is 83.0 Å². The Kier molecular flexibility index (Phi) is 2.78. The number of nitrogens with one attached hydrogen (secondary N) is 1. The number of hydrogen-bond donors (Lipinski definition) is 3. The molecular weight excluding hydrogens is 180 g/mol. The van der Waals surface area contributed by atoms with Gasteiger partial charge < -0.3 is 10.9 Å². The fourth-order valence-electron chi connectivity index (χ4n) is 1.32. The monoisotopic (exact) mass is 196 g/mol. The Balaban J connectivity index is 2.94. The Morgan fingerprint density at radius 1 is 1.64 bits per heavy atom. The molecule has 0 bridgehead atoms. The molecule has 1 heterocycles. The molecule has 1 aromatic rings. The first-order valence-electron chi connectivity index (χ1n) is 4.44. The molecule has 0 radical (unpaired) electrons. The van der Waals surface area contributed by atoms with Crippen LogP contribution >= 0.6 is 0 Å². The SMILES string of the molecule is CC(C)(C)c1[nH]ncc1C/C(N)=N/O. The molecule has 0 unspecified atom stereocenters. The lowest BCUT2D eigenvalue weighted by atomic mass is 9.89. The average molecular weight is 196 g/mol. The minimum atomic E-state index is -0.0123. The summed E-state index contributed by atoms with van der Waals surface area (Å²) in [7, 11) is 0. The van der Waals surface area contributed by atoms with Crippen molar-refractivity contribution in [2.45, 2.75) is 32.6 Å². The first kappa shape index (κ1) is 10.6. The molecule has 5 nitrogen and oxygen atoms in total. The highest BCUT2D eigenvalue weighted by atomic mass is 16.4. The van der Waals surface area contributed by atoms with Gasteiger partial charge in [-0.1, -0.05) is 25.9 Å². The normalized spacial score (nSPS) is 13.2. The predicted octanol–water partition coefficient (Wildman–Crippen LogP) is 0.996. The van der Waals surface area contributed by atoms with E-state index in [9.17, 15) is 0 Å². The smallest absolute Gasteiger partial charge is 0.143 e. The highest BCUT2D eigenvalue weighted by molar-refractivity contribution is 5.82. The summed E-state index contributed by atoms with van der Waals surface area (Å²) < 4.78 is 0. The third-order valence-corrected chi connectivity index (χ3v) is 1.97. The van der Waals surface area contributed by atoms with Crippen molar-refractivity contribution >= 4 is 5.84 Å². The quantitative estimate of drug-likeness (QED) is 0.285. The summed E-state index contributed by atoms with van der Waals surface area (Å²) in [6.07, 6.45) is 2.12. The highest BCUT2D eigenvalue weighted by Crippen LogP contribution is 2.23. The van der Waals surface area contributed by atoms with Gasteiger partial charge in [-0.25, -0.2) is 0 Å². The van der Waals surface area contributed by atoms with Gasteiger partial charge in [0.2, 0.25) is 0 Å². The van der Waals surface area contributed by atoms with E-state index in [-0.39, 0.29) is 11.3 Å². The van der Waals surface area contributed by atoms with E-state index in [2.05, 4.69) is 36.1 Å². The molecule has 1 aromatic heterocycles. The molecule has 0 aromatic carbocycles. The van der Waals surface area contributed by atoms with E-state index in [0.717, 1.165) is 11.3 Å². The summed E-state index contributed by atoms with van der Waals surface area (Å²) in [6.45, 7) is 6.24. The van der Waals surface area contributed by atoms with Crippen molar-refractivity contribution in [3.63, 3.8) is 0 Å². The van der Waals surface area contributed by atoms with Gasteiger partial charge >= 0.3 is 0 Å². The van der Waals surface area contributed by atoms with E-state index < -0.39 is 0 Å². The molecule has 5 heteroatoms. The molecule has 0 spiro atoms. The fourth-order valence-corrected chi connectivity index (χ4v) is 1.32. The molecule has 0 atom stereocenters. The number of aromatic nitrogens is 2. The zero-order valence-corrected chi connectivity index (χ0v) is 8.70. The third kappa shape index (κ3) is 2.25. The number of H-pyrrole nitrogens is 1. The molecule has 0 aliphatic heterocycles. The van der Waals surface area contributed by atoms with Gasteiger partial charge in [-0.05, 0) is 0 Å². The summed E-state index contributed by atoms with van der Waals surface area (Å²) >= 11 is 0. The van der Waals surface area contributed by atoms with Crippen molar-refractivity contribution in [3.8, 4) is 0 Å². The second-order valence-corrected chi connectivity index (χ2v) is 4.29. The van der Waals surface area contributed by atoms with Crippen LogP contribution in [0.1, 0.15) is 32.0 Å². The van der Waals surface area contributed by atoms with Crippen LogP contribution in [-0.2, 0) is 11.8 Å². The zero-order valence-electron chi connectivity index (χ0n) is 8.70. The van der Waals surface area contributed by atoms with Crippen LogP contribution in [0.25, 0.3) is 0 Å². The van der Waals surface area contributed by atoms with Crippen LogP contribution in [0, 0.1) is 0 Å². The lowest BCUT2D eigenvalue weighted by molar-refractivity contribution is 0.317. The van der Waals surface area contributed by atoms with Gasteiger partial charge in [0, 0.05) is 23.1 Å². The Bertz CT molecular complexity index is 335. The van der Waals surface area contributed by atoms with Crippen LogP contribution in [0.5, 0.6) is 0 Å². The van der Waals surface area contributed by atoms with Crippen molar-refractivity contribution in [2.75, 3.05) is 0 Å². The maximum Gasteiger partial charge on any atom is 0.143 e. The van der Waals surface area contributed by atoms with Gasteiger partial charge in [-0.15, -0.1) is 0 Å². The molecule has 0 aliphatic rings. The van der Waals surface area contributed by atoms with Gasteiger partial charge in [0.05, 0.1) is 6.20 Å². The third-order valence-electron chi connectivity index (χ3n) is 1.97. The fraction of sp³-hybridized carbons (Fsp3) is 0.556. The number of nitrogens with zero attached hydrogens (tertiary/aromatic N) is 2. The first-order valence-corrected chi connectivity index (χ1v) is 4.44. The number of nitrogens with two attached hydrogens (primary N) is 1. The van der Waals surface area contributed by atoms with E-state index in [1.54, 1.807) is 6.20 Å². The minimum Gasteiger partial charge on any atom is -0.409 e. The van der Waals surface area contributed by atoms with Crippen molar-refractivity contribution in [2.24, 2.45) is 10.9 Å². The van der Waals surface area contributed by atoms with E-state index in [1.807, 2.05) is 0 Å². The average Bonchev–Trinajstić information content (AvgIpc) is 2.51. The topological polar surface area (TPSA) is 87.3 Å². The Morgan fingerprint density at radius 2 is 2.29 bits per heavy atom. The van der Waals surface area contributed by atoms with E-state index in [4.69, 9.17) is 10.9 Å². The Morgan fingerprint density at radius 3 is 2.79 bits per heavy atom. The lowest BCUT2D eigenvalue weighted by Gasteiger charge is -2.18. The molecule has 78 valence electrons. The molecule has 0 fully saturated rings. The number of hydrogen-bond acceptors (Lipinski definition) is 3. The van der Waals surface area contributed by atoms with Crippen LogP contribution < -0.4 is 5.73 Å².